The van der Waals surface area contributed by atoms with Crippen LogP contribution >= 0.6 is 0 Å². The Morgan fingerprint density at radius 2 is 1.71 bits per heavy atom. The lowest BCUT2D eigenvalue weighted by Crippen LogP contribution is -2.30. The monoisotopic (exact) mass is 278 g/mol. The van der Waals surface area contributed by atoms with Crippen LogP contribution in [0.5, 0.6) is 0 Å². The van der Waals surface area contributed by atoms with Gasteiger partial charge in [-0.1, -0.05) is 54.6 Å². The van der Waals surface area contributed by atoms with E-state index >= 15 is 0 Å². The number of hydrogen-bond acceptors (Lipinski definition) is 2. The van der Waals surface area contributed by atoms with Gasteiger partial charge in [0.15, 0.2) is 0 Å². The molecule has 0 spiro atoms. The molecule has 0 heterocycles. The maximum absolute atomic E-state index is 8.78. The first kappa shape index (κ1) is 15.3. The molecule has 0 fully saturated rings. The van der Waals surface area contributed by atoms with Crippen LogP contribution in [0.15, 0.2) is 54.6 Å². The molecule has 108 valence electrons. The normalized spacial score (nSPS) is 13.4. The van der Waals surface area contributed by atoms with Crippen molar-refractivity contribution >= 4 is 0 Å². The molecule has 1 unspecified atom stereocenters. The minimum Gasteiger partial charge on any atom is -0.307 e. The van der Waals surface area contributed by atoms with E-state index in [2.05, 4.69) is 61.6 Å². The molecule has 0 saturated carbocycles. The molecule has 0 aliphatic heterocycles. The average molecular weight is 278 g/mol. The lowest BCUT2D eigenvalue weighted by molar-refractivity contribution is 0.477. The van der Waals surface area contributed by atoms with Gasteiger partial charge < -0.3 is 5.32 Å². The van der Waals surface area contributed by atoms with Crippen molar-refractivity contribution in [2.75, 3.05) is 0 Å². The second kappa shape index (κ2) is 7.61. The van der Waals surface area contributed by atoms with E-state index in [1.54, 1.807) is 0 Å². The lowest BCUT2D eigenvalue weighted by Gasteiger charge is -2.20. The molecular formula is C19H22N2. The maximum Gasteiger partial charge on any atom is 0.0669 e. The second-order valence-corrected chi connectivity index (χ2v) is 5.56. The van der Waals surface area contributed by atoms with Crippen molar-refractivity contribution in [3.8, 4) is 6.07 Å². The summed E-state index contributed by atoms with van der Waals surface area (Å²) in [6.07, 6.45) is 1.45. The first-order valence-corrected chi connectivity index (χ1v) is 7.45. The van der Waals surface area contributed by atoms with Gasteiger partial charge in [0.25, 0.3) is 0 Å². The maximum atomic E-state index is 8.78. The average Bonchev–Trinajstić information content (AvgIpc) is 2.48. The highest BCUT2D eigenvalue weighted by atomic mass is 14.9. The van der Waals surface area contributed by atoms with Crippen molar-refractivity contribution in [3.63, 3.8) is 0 Å². The van der Waals surface area contributed by atoms with E-state index in [0.717, 1.165) is 12.0 Å². The fourth-order valence-corrected chi connectivity index (χ4v) is 2.64. The summed E-state index contributed by atoms with van der Waals surface area (Å²) >= 11 is 0. The Bertz CT molecular complexity index is 598. The predicted molar refractivity (Wildman–Crippen MR) is 86.9 cm³/mol. The molecule has 2 heteroatoms. The third kappa shape index (κ3) is 4.73. The summed E-state index contributed by atoms with van der Waals surface area (Å²) in [5, 5.41) is 12.4. The van der Waals surface area contributed by atoms with E-state index in [1.807, 2.05) is 18.2 Å². The van der Waals surface area contributed by atoms with Gasteiger partial charge in [-0.05, 0) is 37.0 Å². The zero-order valence-electron chi connectivity index (χ0n) is 12.7. The van der Waals surface area contributed by atoms with E-state index in [1.165, 1.54) is 11.1 Å². The number of nitriles is 1. The van der Waals surface area contributed by atoms with Crippen LogP contribution in [-0.4, -0.2) is 6.04 Å². The minimum absolute atomic E-state index is 0.337. The number of nitrogens with zero attached hydrogens (tertiary/aromatic N) is 1. The molecular weight excluding hydrogens is 256 g/mol. The van der Waals surface area contributed by atoms with Gasteiger partial charge in [-0.15, -0.1) is 0 Å². The Kier molecular flexibility index (Phi) is 5.54. The van der Waals surface area contributed by atoms with Crippen molar-refractivity contribution in [2.45, 2.75) is 38.8 Å². The highest BCUT2D eigenvalue weighted by Gasteiger charge is 2.10. The van der Waals surface area contributed by atoms with Crippen LogP contribution in [-0.2, 0) is 12.8 Å². The zero-order valence-corrected chi connectivity index (χ0v) is 12.7. The standard InChI is InChI=1S/C19H22N2/c1-15(21-16(2)19-9-4-3-5-10-19)13-18-8-6-7-17(14-18)11-12-20/h3-10,14-16,21H,11,13H2,1-2H3/t15?,16-/m1/s1. The molecule has 2 rings (SSSR count). The smallest absolute Gasteiger partial charge is 0.0669 e. The molecule has 0 aliphatic carbocycles. The van der Waals surface area contributed by atoms with Crippen LogP contribution in [0.3, 0.4) is 0 Å². The predicted octanol–water partition coefficient (Wildman–Crippen LogP) is 4.03. The number of benzene rings is 2. The molecule has 0 radical (unpaired) electrons. The van der Waals surface area contributed by atoms with E-state index in [0.29, 0.717) is 18.5 Å². The third-order valence-corrected chi connectivity index (χ3v) is 3.65. The van der Waals surface area contributed by atoms with Crippen LogP contribution in [0.25, 0.3) is 0 Å². The summed E-state index contributed by atoms with van der Waals surface area (Å²) < 4.78 is 0. The van der Waals surface area contributed by atoms with Gasteiger partial charge in [-0.3, -0.25) is 0 Å². The highest BCUT2D eigenvalue weighted by molar-refractivity contribution is 5.26. The summed E-state index contributed by atoms with van der Waals surface area (Å²) in [4.78, 5) is 0. The fourth-order valence-electron chi connectivity index (χ4n) is 2.64. The number of hydrogen-bond donors (Lipinski definition) is 1. The minimum atomic E-state index is 0.337. The van der Waals surface area contributed by atoms with E-state index in [-0.39, 0.29) is 0 Å². The fraction of sp³-hybridized carbons (Fsp3) is 0.316. The molecule has 2 nitrogen and oxygen atoms in total. The molecule has 2 aromatic rings. The summed E-state index contributed by atoms with van der Waals surface area (Å²) in [7, 11) is 0. The quantitative estimate of drug-likeness (QED) is 0.865. The van der Waals surface area contributed by atoms with Crippen molar-refractivity contribution < 1.29 is 0 Å². The highest BCUT2D eigenvalue weighted by Crippen LogP contribution is 2.14. The van der Waals surface area contributed by atoms with Gasteiger partial charge in [0.2, 0.25) is 0 Å². The lowest BCUT2D eigenvalue weighted by atomic mass is 10.0. The second-order valence-electron chi connectivity index (χ2n) is 5.56. The third-order valence-electron chi connectivity index (χ3n) is 3.65. The topological polar surface area (TPSA) is 35.8 Å². The SMILES string of the molecule is CC(Cc1cccc(CC#N)c1)N[C@H](C)c1ccccc1. The zero-order chi connectivity index (χ0) is 15.1. The van der Waals surface area contributed by atoms with Gasteiger partial charge in [-0.25, -0.2) is 0 Å². The van der Waals surface area contributed by atoms with Gasteiger partial charge in [0, 0.05) is 12.1 Å². The molecule has 0 aliphatic rings. The van der Waals surface area contributed by atoms with Crippen LogP contribution in [0.4, 0.5) is 0 Å². The van der Waals surface area contributed by atoms with Gasteiger partial charge in [-0.2, -0.15) is 5.26 Å². The summed E-state index contributed by atoms with van der Waals surface area (Å²) in [6, 6.07) is 21.7. The van der Waals surface area contributed by atoms with E-state index in [4.69, 9.17) is 5.26 Å². The van der Waals surface area contributed by atoms with Crippen LogP contribution in [0, 0.1) is 11.3 Å². The van der Waals surface area contributed by atoms with Crippen molar-refractivity contribution in [1.29, 1.82) is 5.26 Å². The van der Waals surface area contributed by atoms with Crippen LogP contribution < -0.4 is 5.32 Å². The largest absolute Gasteiger partial charge is 0.307 e. The van der Waals surface area contributed by atoms with E-state index < -0.39 is 0 Å². The van der Waals surface area contributed by atoms with Crippen molar-refractivity contribution in [2.24, 2.45) is 0 Å². The Morgan fingerprint density at radius 1 is 1.00 bits per heavy atom. The summed E-state index contributed by atoms with van der Waals surface area (Å²) in [5.41, 5.74) is 3.68. The van der Waals surface area contributed by atoms with Crippen molar-refractivity contribution in [1.82, 2.24) is 5.32 Å². The Hall–Kier alpha value is -2.11. The Morgan fingerprint density at radius 3 is 2.43 bits per heavy atom. The number of nitrogens with one attached hydrogen (secondary N) is 1. The molecule has 0 saturated heterocycles. The molecule has 0 aromatic heterocycles. The molecule has 21 heavy (non-hydrogen) atoms. The van der Waals surface area contributed by atoms with E-state index in [9.17, 15) is 0 Å². The molecule has 0 bridgehead atoms. The van der Waals surface area contributed by atoms with Crippen LogP contribution in [0.2, 0.25) is 0 Å². The first-order valence-electron chi connectivity index (χ1n) is 7.45. The van der Waals surface area contributed by atoms with Crippen LogP contribution in [0.1, 0.15) is 36.6 Å². The Labute approximate surface area is 127 Å². The summed E-state index contributed by atoms with van der Waals surface area (Å²) in [6.45, 7) is 4.40. The summed E-state index contributed by atoms with van der Waals surface area (Å²) in [5.74, 6) is 0. The molecule has 2 aromatic carbocycles. The first-order chi connectivity index (χ1) is 10.2. The molecule has 0 amide bonds. The molecule has 1 N–H and O–H groups in total. The van der Waals surface area contributed by atoms with Crippen molar-refractivity contribution in [3.05, 3.63) is 71.3 Å². The van der Waals surface area contributed by atoms with Gasteiger partial charge in [0.05, 0.1) is 12.5 Å². The number of rotatable bonds is 6. The Balaban J connectivity index is 1.94. The molecule has 2 atom stereocenters. The van der Waals surface area contributed by atoms with Gasteiger partial charge >= 0.3 is 0 Å². The van der Waals surface area contributed by atoms with Gasteiger partial charge in [0.1, 0.15) is 0 Å².